The molecule has 1 rings (SSSR count). The first-order valence-electron chi connectivity index (χ1n) is 4.76. The first kappa shape index (κ1) is 12.1. The second kappa shape index (κ2) is 5.17. The summed E-state index contributed by atoms with van der Waals surface area (Å²) in [5.74, 6) is -0.811. The minimum atomic E-state index is -0.903. The molecule has 0 heterocycles. The van der Waals surface area contributed by atoms with Crippen molar-refractivity contribution in [1.29, 1.82) is 5.26 Å². The van der Waals surface area contributed by atoms with E-state index in [1.165, 1.54) is 7.11 Å². The summed E-state index contributed by atoms with van der Waals surface area (Å²) in [6.07, 6.45) is 0. The Labute approximate surface area is 94.4 Å². The van der Waals surface area contributed by atoms with E-state index in [9.17, 15) is 4.79 Å². The molecule has 0 saturated carbocycles. The molecule has 1 unspecified atom stereocenters. The van der Waals surface area contributed by atoms with Crippen LogP contribution in [0.3, 0.4) is 0 Å². The van der Waals surface area contributed by atoms with Gasteiger partial charge in [-0.15, -0.1) is 0 Å². The summed E-state index contributed by atoms with van der Waals surface area (Å²) in [6.45, 7) is 1.89. The minimum Gasteiger partial charge on any atom is -0.496 e. The minimum absolute atomic E-state index is 0.562. The number of ether oxygens (including phenoxy) is 2. The highest BCUT2D eigenvalue weighted by Gasteiger charge is 2.21. The second-order valence-electron chi connectivity index (χ2n) is 3.31. The molecule has 0 N–H and O–H groups in total. The zero-order chi connectivity index (χ0) is 12.1. The van der Waals surface area contributed by atoms with E-state index in [2.05, 4.69) is 4.74 Å². The van der Waals surface area contributed by atoms with Crippen LogP contribution in [0.25, 0.3) is 0 Å². The number of carbonyl (C=O) groups is 1. The summed E-state index contributed by atoms with van der Waals surface area (Å²) < 4.78 is 9.69. The van der Waals surface area contributed by atoms with Gasteiger partial charge in [0, 0.05) is 0 Å². The number of hydrogen-bond donors (Lipinski definition) is 0. The molecule has 0 aliphatic heterocycles. The zero-order valence-corrected chi connectivity index (χ0v) is 9.48. The number of rotatable bonds is 3. The molecule has 4 heteroatoms. The summed E-state index contributed by atoms with van der Waals surface area (Å²) >= 11 is 0. The molecule has 0 radical (unpaired) electrons. The van der Waals surface area contributed by atoms with Gasteiger partial charge >= 0.3 is 5.97 Å². The molecule has 16 heavy (non-hydrogen) atoms. The van der Waals surface area contributed by atoms with Crippen LogP contribution in [0.2, 0.25) is 0 Å². The third kappa shape index (κ3) is 2.31. The topological polar surface area (TPSA) is 59.3 Å². The number of esters is 1. The lowest BCUT2D eigenvalue weighted by atomic mass is 9.99. The smallest absolute Gasteiger partial charge is 0.327 e. The Morgan fingerprint density at radius 3 is 2.62 bits per heavy atom. The maximum atomic E-state index is 11.3. The molecule has 84 valence electrons. The molecule has 0 amide bonds. The summed E-state index contributed by atoms with van der Waals surface area (Å²) in [4.78, 5) is 11.3. The highest BCUT2D eigenvalue weighted by atomic mass is 16.5. The van der Waals surface area contributed by atoms with Gasteiger partial charge in [-0.2, -0.15) is 5.26 Å². The van der Waals surface area contributed by atoms with Crippen LogP contribution in [-0.4, -0.2) is 20.2 Å². The molecule has 1 aromatic rings. The maximum Gasteiger partial charge on any atom is 0.327 e. The van der Waals surface area contributed by atoms with Crippen LogP contribution >= 0.6 is 0 Å². The summed E-state index contributed by atoms with van der Waals surface area (Å²) in [5.41, 5.74) is 1.53. The Kier molecular flexibility index (Phi) is 3.90. The van der Waals surface area contributed by atoms with Gasteiger partial charge in [-0.1, -0.05) is 12.1 Å². The highest BCUT2D eigenvalue weighted by Crippen LogP contribution is 2.24. The van der Waals surface area contributed by atoms with Crippen molar-refractivity contribution >= 4 is 5.97 Å². The lowest BCUT2D eigenvalue weighted by molar-refractivity contribution is -0.140. The van der Waals surface area contributed by atoms with Crippen molar-refractivity contribution in [2.24, 2.45) is 0 Å². The SMILES string of the molecule is COC(=O)C(C#N)c1ccc(C)c(OC)c1. The van der Waals surface area contributed by atoms with E-state index < -0.39 is 11.9 Å². The normalized spacial score (nSPS) is 11.4. The van der Waals surface area contributed by atoms with Crippen molar-refractivity contribution in [3.05, 3.63) is 29.3 Å². The van der Waals surface area contributed by atoms with Gasteiger partial charge < -0.3 is 9.47 Å². The summed E-state index contributed by atoms with van der Waals surface area (Å²) in [7, 11) is 2.81. The van der Waals surface area contributed by atoms with Crippen LogP contribution < -0.4 is 4.74 Å². The summed E-state index contributed by atoms with van der Waals surface area (Å²) in [5, 5.41) is 8.92. The molecule has 0 bridgehead atoms. The van der Waals surface area contributed by atoms with E-state index in [-0.39, 0.29) is 0 Å². The van der Waals surface area contributed by atoms with Gasteiger partial charge in [0.2, 0.25) is 0 Å². The Balaban J connectivity index is 3.12. The van der Waals surface area contributed by atoms with Crippen LogP contribution in [-0.2, 0) is 9.53 Å². The van der Waals surface area contributed by atoms with Gasteiger partial charge in [-0.05, 0) is 24.1 Å². The van der Waals surface area contributed by atoms with E-state index >= 15 is 0 Å². The first-order valence-corrected chi connectivity index (χ1v) is 4.76. The predicted molar refractivity (Wildman–Crippen MR) is 58.1 cm³/mol. The molecule has 0 fully saturated rings. The zero-order valence-electron chi connectivity index (χ0n) is 9.48. The van der Waals surface area contributed by atoms with Crippen LogP contribution in [0.1, 0.15) is 17.0 Å². The van der Waals surface area contributed by atoms with E-state index in [0.717, 1.165) is 5.56 Å². The van der Waals surface area contributed by atoms with Gasteiger partial charge in [-0.25, -0.2) is 0 Å². The lowest BCUT2D eigenvalue weighted by Crippen LogP contribution is -2.12. The average Bonchev–Trinajstić information content (AvgIpc) is 2.31. The van der Waals surface area contributed by atoms with E-state index in [0.29, 0.717) is 11.3 Å². The quantitative estimate of drug-likeness (QED) is 0.727. The summed E-state index contributed by atoms with van der Waals surface area (Å²) in [6, 6.07) is 7.12. The molecule has 1 aromatic carbocycles. The fourth-order valence-corrected chi connectivity index (χ4v) is 1.40. The molecule has 0 saturated heterocycles. The van der Waals surface area contributed by atoms with Gasteiger partial charge in [0.25, 0.3) is 0 Å². The predicted octanol–water partition coefficient (Wildman–Crippen LogP) is 1.78. The Hall–Kier alpha value is -2.02. The van der Waals surface area contributed by atoms with Crippen molar-refractivity contribution in [1.82, 2.24) is 0 Å². The second-order valence-corrected chi connectivity index (χ2v) is 3.31. The number of aryl methyl sites for hydroxylation is 1. The van der Waals surface area contributed by atoms with Crippen molar-refractivity contribution in [2.75, 3.05) is 14.2 Å². The van der Waals surface area contributed by atoms with E-state index in [1.807, 2.05) is 13.0 Å². The largest absolute Gasteiger partial charge is 0.496 e. The third-order valence-electron chi connectivity index (χ3n) is 2.33. The van der Waals surface area contributed by atoms with Crippen molar-refractivity contribution in [3.8, 4) is 11.8 Å². The van der Waals surface area contributed by atoms with Crippen LogP contribution in [0.15, 0.2) is 18.2 Å². The van der Waals surface area contributed by atoms with Crippen molar-refractivity contribution in [3.63, 3.8) is 0 Å². The van der Waals surface area contributed by atoms with Crippen molar-refractivity contribution < 1.29 is 14.3 Å². The molecule has 0 aliphatic rings. The fraction of sp³-hybridized carbons (Fsp3) is 0.333. The van der Waals surface area contributed by atoms with E-state index in [4.69, 9.17) is 10.00 Å². The first-order chi connectivity index (χ1) is 7.63. The highest BCUT2D eigenvalue weighted by molar-refractivity contribution is 5.81. The average molecular weight is 219 g/mol. The number of nitrogens with zero attached hydrogens (tertiary/aromatic N) is 1. The maximum absolute atomic E-state index is 11.3. The number of benzene rings is 1. The van der Waals surface area contributed by atoms with E-state index in [1.54, 1.807) is 25.3 Å². The Morgan fingerprint density at radius 2 is 2.12 bits per heavy atom. The van der Waals surface area contributed by atoms with Gasteiger partial charge in [0.05, 0.1) is 20.3 Å². The molecule has 4 nitrogen and oxygen atoms in total. The van der Waals surface area contributed by atoms with Crippen LogP contribution in [0.4, 0.5) is 0 Å². The lowest BCUT2D eigenvalue weighted by Gasteiger charge is -2.10. The van der Waals surface area contributed by atoms with Crippen LogP contribution in [0.5, 0.6) is 5.75 Å². The molecule has 0 spiro atoms. The van der Waals surface area contributed by atoms with Crippen LogP contribution in [0, 0.1) is 18.3 Å². The monoisotopic (exact) mass is 219 g/mol. The Morgan fingerprint density at radius 1 is 1.44 bits per heavy atom. The number of nitriles is 1. The van der Waals surface area contributed by atoms with Crippen molar-refractivity contribution in [2.45, 2.75) is 12.8 Å². The number of carbonyl (C=O) groups excluding carboxylic acids is 1. The van der Waals surface area contributed by atoms with Gasteiger partial charge in [0.15, 0.2) is 5.92 Å². The number of methoxy groups -OCH3 is 2. The molecule has 1 atom stereocenters. The number of hydrogen-bond acceptors (Lipinski definition) is 4. The molecular formula is C12H13NO3. The fourth-order valence-electron chi connectivity index (χ4n) is 1.40. The van der Waals surface area contributed by atoms with Gasteiger partial charge in [-0.3, -0.25) is 4.79 Å². The standard InChI is InChI=1S/C12H13NO3/c1-8-4-5-9(6-11(8)15-2)10(7-13)12(14)16-3/h4-6,10H,1-3H3. The third-order valence-corrected chi connectivity index (χ3v) is 2.33. The molecule has 0 aliphatic carbocycles. The molecular weight excluding hydrogens is 206 g/mol. The Bertz CT molecular complexity index is 434. The van der Waals surface area contributed by atoms with Gasteiger partial charge in [0.1, 0.15) is 5.75 Å². The molecule has 0 aromatic heterocycles.